The smallest absolute Gasteiger partial charge is 0.0995 e. The Balaban J connectivity index is 1.70. The molecule has 0 spiro atoms. The Labute approximate surface area is 108 Å². The lowest BCUT2D eigenvalue weighted by molar-refractivity contribution is 0.0384. The van der Waals surface area contributed by atoms with Crippen molar-refractivity contribution in [3.05, 3.63) is 35.4 Å². The molecule has 0 amide bonds. The molecule has 0 bridgehead atoms. The van der Waals surface area contributed by atoms with Gasteiger partial charge in [0.05, 0.1) is 24.8 Å². The van der Waals surface area contributed by atoms with E-state index in [0.29, 0.717) is 0 Å². The van der Waals surface area contributed by atoms with Gasteiger partial charge in [-0.2, -0.15) is 5.26 Å². The highest BCUT2D eigenvalue weighted by atomic mass is 16.5. The summed E-state index contributed by atoms with van der Waals surface area (Å²) < 4.78 is 5.31. The van der Waals surface area contributed by atoms with Crippen LogP contribution in [0.2, 0.25) is 0 Å². The minimum atomic E-state index is 0.758. The fourth-order valence-electron chi connectivity index (χ4n) is 2.07. The van der Waals surface area contributed by atoms with E-state index in [-0.39, 0.29) is 0 Å². The zero-order chi connectivity index (χ0) is 12.6. The molecule has 1 aliphatic heterocycles. The molecule has 1 saturated heterocycles. The van der Waals surface area contributed by atoms with Crippen molar-refractivity contribution >= 4 is 0 Å². The van der Waals surface area contributed by atoms with Gasteiger partial charge in [0.1, 0.15) is 0 Å². The second kappa shape index (κ2) is 7.12. The Morgan fingerprint density at radius 3 is 2.83 bits per heavy atom. The normalized spacial score (nSPS) is 16.4. The van der Waals surface area contributed by atoms with E-state index >= 15 is 0 Å². The van der Waals surface area contributed by atoms with Gasteiger partial charge in [-0.05, 0) is 11.6 Å². The maximum absolute atomic E-state index is 8.98. The van der Waals surface area contributed by atoms with Crippen LogP contribution < -0.4 is 5.32 Å². The quantitative estimate of drug-likeness (QED) is 0.786. The van der Waals surface area contributed by atoms with Gasteiger partial charge in [-0.3, -0.25) is 4.90 Å². The number of hydrogen-bond donors (Lipinski definition) is 1. The molecular weight excluding hydrogens is 226 g/mol. The molecule has 1 N–H and O–H groups in total. The first kappa shape index (κ1) is 13.0. The summed E-state index contributed by atoms with van der Waals surface area (Å²) in [6.07, 6.45) is 0. The highest BCUT2D eigenvalue weighted by molar-refractivity contribution is 5.37. The maximum atomic E-state index is 8.98. The fraction of sp³-hybridized carbons (Fsp3) is 0.500. The first-order chi connectivity index (χ1) is 8.90. The van der Waals surface area contributed by atoms with Crippen LogP contribution in [-0.4, -0.2) is 44.3 Å². The van der Waals surface area contributed by atoms with Crippen LogP contribution in [-0.2, 0) is 11.3 Å². The average Bonchev–Trinajstić information content (AvgIpc) is 2.45. The lowest BCUT2D eigenvalue weighted by Gasteiger charge is -2.26. The number of benzene rings is 1. The molecule has 18 heavy (non-hydrogen) atoms. The number of nitrogens with one attached hydrogen (secondary N) is 1. The van der Waals surface area contributed by atoms with Gasteiger partial charge in [0.2, 0.25) is 0 Å². The molecular formula is C14H19N3O. The molecule has 1 heterocycles. The minimum absolute atomic E-state index is 0.758. The Bertz CT molecular complexity index is 408. The van der Waals surface area contributed by atoms with Crippen molar-refractivity contribution < 1.29 is 4.74 Å². The van der Waals surface area contributed by atoms with E-state index in [9.17, 15) is 0 Å². The average molecular weight is 245 g/mol. The topological polar surface area (TPSA) is 48.3 Å². The van der Waals surface area contributed by atoms with Crippen molar-refractivity contribution in [2.75, 3.05) is 39.4 Å². The first-order valence-corrected chi connectivity index (χ1v) is 6.39. The molecule has 2 rings (SSSR count). The van der Waals surface area contributed by atoms with Crippen molar-refractivity contribution in [2.24, 2.45) is 0 Å². The van der Waals surface area contributed by atoms with Crippen LogP contribution in [0.1, 0.15) is 11.1 Å². The Kier molecular flexibility index (Phi) is 5.15. The zero-order valence-electron chi connectivity index (χ0n) is 10.6. The monoisotopic (exact) mass is 245 g/mol. The van der Waals surface area contributed by atoms with Crippen LogP contribution in [0, 0.1) is 11.3 Å². The van der Waals surface area contributed by atoms with Gasteiger partial charge in [0.25, 0.3) is 0 Å². The summed E-state index contributed by atoms with van der Waals surface area (Å²) in [7, 11) is 0. The zero-order valence-corrected chi connectivity index (χ0v) is 10.6. The van der Waals surface area contributed by atoms with Crippen molar-refractivity contribution in [2.45, 2.75) is 6.54 Å². The Morgan fingerprint density at radius 2 is 2.06 bits per heavy atom. The van der Waals surface area contributed by atoms with E-state index in [2.05, 4.69) is 16.3 Å². The summed E-state index contributed by atoms with van der Waals surface area (Å²) in [5.41, 5.74) is 1.83. The van der Waals surface area contributed by atoms with Gasteiger partial charge in [-0.1, -0.05) is 18.2 Å². The molecule has 4 heteroatoms. The number of ether oxygens (including phenoxy) is 1. The largest absolute Gasteiger partial charge is 0.379 e. The second-order valence-corrected chi connectivity index (χ2v) is 4.40. The molecule has 96 valence electrons. The molecule has 1 aromatic carbocycles. The maximum Gasteiger partial charge on any atom is 0.0995 e. The predicted octanol–water partition coefficient (Wildman–Crippen LogP) is 0.980. The van der Waals surface area contributed by atoms with Crippen LogP contribution in [0.4, 0.5) is 0 Å². The summed E-state index contributed by atoms with van der Waals surface area (Å²) in [6, 6.07) is 9.95. The van der Waals surface area contributed by atoms with Gasteiger partial charge in [-0.25, -0.2) is 0 Å². The molecule has 0 radical (unpaired) electrons. The standard InChI is InChI=1S/C14H19N3O/c15-11-13-3-1-2-4-14(13)12-16-5-6-17-7-9-18-10-8-17/h1-4,16H,5-10,12H2. The molecule has 0 unspecified atom stereocenters. The lowest BCUT2D eigenvalue weighted by atomic mass is 10.1. The summed E-state index contributed by atoms with van der Waals surface area (Å²) >= 11 is 0. The third-order valence-electron chi connectivity index (χ3n) is 3.16. The van der Waals surface area contributed by atoms with Crippen LogP contribution >= 0.6 is 0 Å². The van der Waals surface area contributed by atoms with E-state index in [1.165, 1.54) is 0 Å². The summed E-state index contributed by atoms with van der Waals surface area (Å²) in [5.74, 6) is 0. The SMILES string of the molecule is N#Cc1ccccc1CNCCN1CCOCC1. The van der Waals surface area contributed by atoms with E-state index in [1.807, 2.05) is 24.3 Å². The van der Waals surface area contributed by atoms with Crippen molar-refractivity contribution in [1.82, 2.24) is 10.2 Å². The lowest BCUT2D eigenvalue weighted by Crippen LogP contribution is -2.40. The van der Waals surface area contributed by atoms with Crippen molar-refractivity contribution in [3.8, 4) is 6.07 Å². The molecule has 1 aliphatic rings. The van der Waals surface area contributed by atoms with Crippen LogP contribution in [0.3, 0.4) is 0 Å². The molecule has 1 fully saturated rings. The molecule has 0 atom stereocenters. The molecule has 0 saturated carbocycles. The Morgan fingerprint density at radius 1 is 1.28 bits per heavy atom. The van der Waals surface area contributed by atoms with Crippen molar-refractivity contribution in [1.29, 1.82) is 5.26 Å². The van der Waals surface area contributed by atoms with Gasteiger partial charge >= 0.3 is 0 Å². The van der Waals surface area contributed by atoms with Gasteiger partial charge in [0.15, 0.2) is 0 Å². The number of nitriles is 1. The number of morpholine rings is 1. The van der Waals surface area contributed by atoms with E-state index < -0.39 is 0 Å². The van der Waals surface area contributed by atoms with E-state index in [1.54, 1.807) is 0 Å². The molecule has 4 nitrogen and oxygen atoms in total. The number of nitrogens with zero attached hydrogens (tertiary/aromatic N) is 2. The van der Waals surface area contributed by atoms with Gasteiger partial charge in [-0.15, -0.1) is 0 Å². The molecule has 1 aromatic rings. The van der Waals surface area contributed by atoms with Crippen molar-refractivity contribution in [3.63, 3.8) is 0 Å². The summed E-state index contributed by atoms with van der Waals surface area (Å²) in [6.45, 7) is 6.48. The third-order valence-corrected chi connectivity index (χ3v) is 3.16. The second-order valence-electron chi connectivity index (χ2n) is 4.40. The van der Waals surface area contributed by atoms with Gasteiger partial charge in [0, 0.05) is 32.7 Å². The van der Waals surface area contributed by atoms with Crippen LogP contribution in [0.15, 0.2) is 24.3 Å². The fourth-order valence-corrected chi connectivity index (χ4v) is 2.07. The van der Waals surface area contributed by atoms with Crippen LogP contribution in [0.5, 0.6) is 0 Å². The minimum Gasteiger partial charge on any atom is -0.379 e. The van der Waals surface area contributed by atoms with Gasteiger partial charge < -0.3 is 10.1 Å². The number of hydrogen-bond acceptors (Lipinski definition) is 4. The predicted molar refractivity (Wildman–Crippen MR) is 70.1 cm³/mol. The third kappa shape index (κ3) is 3.81. The Hall–Kier alpha value is -1.41. The number of rotatable bonds is 5. The van der Waals surface area contributed by atoms with Crippen LogP contribution in [0.25, 0.3) is 0 Å². The first-order valence-electron chi connectivity index (χ1n) is 6.39. The molecule has 0 aliphatic carbocycles. The summed E-state index contributed by atoms with van der Waals surface area (Å²) in [5, 5.41) is 12.4. The highest BCUT2D eigenvalue weighted by Gasteiger charge is 2.09. The highest BCUT2D eigenvalue weighted by Crippen LogP contribution is 2.06. The molecule has 0 aromatic heterocycles. The van der Waals surface area contributed by atoms with E-state index in [4.69, 9.17) is 10.00 Å². The van der Waals surface area contributed by atoms with E-state index in [0.717, 1.165) is 57.1 Å². The summed E-state index contributed by atoms with van der Waals surface area (Å²) in [4.78, 5) is 2.40.